The first-order valence-electron chi connectivity index (χ1n) is 7.03. The van der Waals surface area contributed by atoms with E-state index in [1.54, 1.807) is 11.1 Å². The second-order valence-corrected chi connectivity index (χ2v) is 5.80. The van der Waals surface area contributed by atoms with Crippen molar-refractivity contribution < 1.29 is 0 Å². The molecule has 0 fully saturated rings. The van der Waals surface area contributed by atoms with E-state index in [9.17, 15) is 0 Å². The van der Waals surface area contributed by atoms with Gasteiger partial charge in [0.25, 0.3) is 0 Å². The van der Waals surface area contributed by atoms with Crippen molar-refractivity contribution in [1.82, 2.24) is 0 Å². The molecule has 3 aliphatic carbocycles. The first-order valence-corrected chi connectivity index (χ1v) is 7.03. The smallest absolute Gasteiger partial charge is 0.00479 e. The van der Waals surface area contributed by atoms with Gasteiger partial charge in [0.1, 0.15) is 0 Å². The van der Waals surface area contributed by atoms with E-state index in [1.165, 1.54) is 33.4 Å². The molecular weight excluding hydrogens is 228 g/mol. The maximum Gasteiger partial charge on any atom is -0.00479 e. The van der Waals surface area contributed by atoms with E-state index in [0.29, 0.717) is 0 Å². The van der Waals surface area contributed by atoms with E-state index in [4.69, 9.17) is 0 Å². The molecule has 0 aliphatic heterocycles. The molecular formula is C19H14. The number of rotatable bonds is 0. The third kappa shape index (κ3) is 1.19. The predicted octanol–water partition coefficient (Wildman–Crippen LogP) is 4.17. The molecule has 3 aliphatic rings. The van der Waals surface area contributed by atoms with E-state index in [0.717, 1.165) is 19.3 Å². The summed E-state index contributed by atoms with van der Waals surface area (Å²) < 4.78 is 0. The Bertz CT molecular complexity index is 788. The van der Waals surface area contributed by atoms with Gasteiger partial charge in [-0.1, -0.05) is 48.1 Å². The van der Waals surface area contributed by atoms with E-state index >= 15 is 0 Å². The third-order valence-electron chi connectivity index (χ3n) is 4.72. The van der Waals surface area contributed by atoms with Crippen LogP contribution in [0.2, 0.25) is 0 Å². The molecule has 0 N–H and O–H groups in total. The van der Waals surface area contributed by atoms with E-state index < -0.39 is 0 Å². The van der Waals surface area contributed by atoms with E-state index in [1.807, 2.05) is 0 Å². The van der Waals surface area contributed by atoms with Gasteiger partial charge < -0.3 is 0 Å². The summed E-state index contributed by atoms with van der Waals surface area (Å²) in [6.07, 6.45) is 7.96. The summed E-state index contributed by atoms with van der Waals surface area (Å²) in [5.41, 5.74) is 12.1. The highest BCUT2D eigenvalue weighted by Crippen LogP contribution is 2.46. The molecule has 2 aromatic carbocycles. The monoisotopic (exact) mass is 242 g/mol. The minimum absolute atomic E-state index is 1.10. The maximum atomic E-state index is 2.44. The second kappa shape index (κ2) is 3.27. The van der Waals surface area contributed by atoms with Crippen LogP contribution >= 0.6 is 0 Å². The highest BCUT2D eigenvalue weighted by molar-refractivity contribution is 5.92. The van der Waals surface area contributed by atoms with Crippen LogP contribution in [0.15, 0.2) is 48.0 Å². The Labute approximate surface area is 113 Å². The van der Waals surface area contributed by atoms with Crippen LogP contribution in [0.4, 0.5) is 0 Å². The summed E-state index contributed by atoms with van der Waals surface area (Å²) in [5.74, 6) is 0. The van der Waals surface area contributed by atoms with Gasteiger partial charge in [0.15, 0.2) is 0 Å². The van der Waals surface area contributed by atoms with Gasteiger partial charge in [0, 0.05) is 0 Å². The molecule has 0 unspecified atom stereocenters. The van der Waals surface area contributed by atoms with Crippen LogP contribution in [0.1, 0.15) is 33.4 Å². The number of benzene rings is 2. The Morgan fingerprint density at radius 1 is 0.789 bits per heavy atom. The van der Waals surface area contributed by atoms with Crippen molar-refractivity contribution in [1.29, 1.82) is 0 Å². The quantitative estimate of drug-likeness (QED) is 0.650. The average Bonchev–Trinajstić information content (AvgIpc) is 3.07. The fraction of sp³-hybridized carbons (Fsp3) is 0.158. The molecule has 0 amide bonds. The van der Waals surface area contributed by atoms with Crippen molar-refractivity contribution in [3.05, 3.63) is 81.4 Å². The van der Waals surface area contributed by atoms with Gasteiger partial charge in [0.05, 0.1) is 0 Å². The zero-order chi connectivity index (χ0) is 12.4. The number of hydrogen-bond donors (Lipinski definition) is 0. The molecule has 2 aromatic rings. The molecule has 0 saturated heterocycles. The summed E-state index contributed by atoms with van der Waals surface area (Å²) >= 11 is 0. The molecule has 19 heavy (non-hydrogen) atoms. The molecule has 0 aromatic heterocycles. The minimum atomic E-state index is 1.10. The van der Waals surface area contributed by atoms with Crippen LogP contribution in [0, 0.1) is 0 Å². The van der Waals surface area contributed by atoms with Gasteiger partial charge in [-0.15, -0.1) is 0 Å². The lowest BCUT2D eigenvalue weighted by Gasteiger charge is -2.10. The van der Waals surface area contributed by atoms with E-state index in [2.05, 4.69) is 48.6 Å². The van der Waals surface area contributed by atoms with Crippen LogP contribution in [0.25, 0.3) is 11.6 Å². The summed E-state index contributed by atoms with van der Waals surface area (Å²) in [5, 5.41) is 0. The molecule has 0 heterocycles. The third-order valence-corrected chi connectivity index (χ3v) is 4.72. The Hall–Kier alpha value is -2.08. The van der Waals surface area contributed by atoms with Crippen LogP contribution in [0.5, 0.6) is 0 Å². The van der Waals surface area contributed by atoms with Crippen LogP contribution in [-0.2, 0) is 19.3 Å². The van der Waals surface area contributed by atoms with Gasteiger partial charge >= 0.3 is 0 Å². The van der Waals surface area contributed by atoms with Crippen LogP contribution in [0.3, 0.4) is 0 Å². The molecule has 5 rings (SSSR count). The normalized spacial score (nSPS) is 17.5. The SMILES string of the molecule is C1=Cc2cc3c(cc2C1)C1=C(Cc2ccccc21)C3. The lowest BCUT2D eigenvalue weighted by molar-refractivity contribution is 1.08. The molecule has 0 radical (unpaired) electrons. The minimum Gasteiger partial charge on any atom is -0.0795 e. The lowest BCUT2D eigenvalue weighted by Crippen LogP contribution is -1.94. The van der Waals surface area contributed by atoms with Crippen molar-refractivity contribution in [2.45, 2.75) is 19.3 Å². The Balaban J connectivity index is 1.75. The van der Waals surface area contributed by atoms with E-state index in [-0.39, 0.29) is 0 Å². The molecule has 0 bridgehead atoms. The summed E-state index contributed by atoms with van der Waals surface area (Å²) in [6, 6.07) is 13.8. The van der Waals surface area contributed by atoms with Crippen molar-refractivity contribution in [2.24, 2.45) is 0 Å². The van der Waals surface area contributed by atoms with Crippen molar-refractivity contribution in [3.63, 3.8) is 0 Å². The van der Waals surface area contributed by atoms with Crippen molar-refractivity contribution >= 4 is 11.6 Å². The zero-order valence-electron chi connectivity index (χ0n) is 10.7. The topological polar surface area (TPSA) is 0 Å². The van der Waals surface area contributed by atoms with Gasteiger partial charge in [-0.05, 0) is 64.3 Å². The van der Waals surface area contributed by atoms with Gasteiger partial charge in [-0.25, -0.2) is 0 Å². The van der Waals surface area contributed by atoms with Gasteiger partial charge in [-0.2, -0.15) is 0 Å². The zero-order valence-corrected chi connectivity index (χ0v) is 10.7. The largest absolute Gasteiger partial charge is 0.0795 e. The first-order chi connectivity index (χ1) is 9.40. The first kappa shape index (κ1) is 9.80. The molecule has 0 saturated carbocycles. The van der Waals surface area contributed by atoms with Crippen molar-refractivity contribution in [3.8, 4) is 0 Å². The summed E-state index contributed by atoms with van der Waals surface area (Å²) in [7, 11) is 0. The summed E-state index contributed by atoms with van der Waals surface area (Å²) in [4.78, 5) is 0. The number of allylic oxidation sites excluding steroid dienone is 2. The van der Waals surface area contributed by atoms with Crippen molar-refractivity contribution in [2.75, 3.05) is 0 Å². The Morgan fingerprint density at radius 3 is 2.68 bits per heavy atom. The molecule has 0 heteroatoms. The maximum absolute atomic E-state index is 2.44. The van der Waals surface area contributed by atoms with Gasteiger partial charge in [-0.3, -0.25) is 0 Å². The standard InChI is InChI=1S/C19H14/c1-2-7-17-14(4-1)9-16-10-15-8-12-5-3-6-13(12)11-18(15)19(16)17/h1-5,7-8,11H,6,9-10H2. The number of fused-ring (bicyclic) bond motifs is 5. The van der Waals surface area contributed by atoms with Gasteiger partial charge in [0.2, 0.25) is 0 Å². The number of hydrogen-bond acceptors (Lipinski definition) is 0. The fourth-order valence-electron chi connectivity index (χ4n) is 3.88. The van der Waals surface area contributed by atoms with Crippen LogP contribution in [-0.4, -0.2) is 0 Å². The highest BCUT2D eigenvalue weighted by Gasteiger charge is 2.30. The lowest BCUT2D eigenvalue weighted by atomic mass is 9.94. The predicted molar refractivity (Wildman–Crippen MR) is 79.1 cm³/mol. The Kier molecular flexibility index (Phi) is 1.69. The molecule has 0 atom stereocenters. The summed E-state index contributed by atoms with van der Waals surface area (Å²) in [6.45, 7) is 0. The average molecular weight is 242 g/mol. The fourth-order valence-corrected chi connectivity index (χ4v) is 3.88. The molecule has 90 valence electrons. The Morgan fingerprint density at radius 2 is 1.68 bits per heavy atom. The highest BCUT2D eigenvalue weighted by atomic mass is 14.3. The molecule has 0 nitrogen and oxygen atoms in total. The second-order valence-electron chi connectivity index (χ2n) is 5.80. The molecule has 0 spiro atoms. The van der Waals surface area contributed by atoms with Crippen LogP contribution < -0.4 is 0 Å².